The number of rotatable bonds is 3. The van der Waals surface area contributed by atoms with Crippen LogP contribution in [0.15, 0.2) is 0 Å². The molecule has 7 heteroatoms. The van der Waals surface area contributed by atoms with Crippen molar-refractivity contribution in [3.63, 3.8) is 0 Å². The summed E-state index contributed by atoms with van der Waals surface area (Å²) in [4.78, 5) is 23.1. The minimum atomic E-state index is -0.674. The molecule has 0 aromatic heterocycles. The number of nitrogens with one attached hydrogen (secondary N) is 2. The second kappa shape index (κ2) is 6.95. The molecule has 0 aliphatic carbocycles. The standard InChI is InChI=1S/C10H22N4O3/c1-7(2)11-9(15)14(13(5)6)12-10(16)17-8(3)4/h7-8H,1-6H3,(H,11,15)(H,12,16). The fourth-order valence-electron chi connectivity index (χ4n) is 0.967. The Bertz CT molecular complexity index is 266. The van der Waals surface area contributed by atoms with E-state index >= 15 is 0 Å². The van der Waals surface area contributed by atoms with Crippen LogP contribution in [0.1, 0.15) is 27.7 Å². The fourth-order valence-corrected chi connectivity index (χ4v) is 0.967. The van der Waals surface area contributed by atoms with Crippen LogP contribution >= 0.6 is 0 Å². The summed E-state index contributed by atoms with van der Waals surface area (Å²) < 4.78 is 4.89. The topological polar surface area (TPSA) is 73.9 Å². The van der Waals surface area contributed by atoms with Gasteiger partial charge in [0.2, 0.25) is 0 Å². The molecule has 0 heterocycles. The Morgan fingerprint density at radius 1 is 1.12 bits per heavy atom. The van der Waals surface area contributed by atoms with Gasteiger partial charge in [0.15, 0.2) is 0 Å². The van der Waals surface area contributed by atoms with Gasteiger partial charge in [-0.15, -0.1) is 0 Å². The molecule has 0 bridgehead atoms. The maximum atomic E-state index is 11.7. The van der Waals surface area contributed by atoms with Gasteiger partial charge in [0.25, 0.3) is 0 Å². The van der Waals surface area contributed by atoms with Crippen LogP contribution in [-0.2, 0) is 4.74 Å². The molecule has 100 valence electrons. The first-order valence-corrected chi connectivity index (χ1v) is 5.49. The maximum Gasteiger partial charge on any atom is 0.427 e. The van der Waals surface area contributed by atoms with Crippen molar-refractivity contribution >= 4 is 12.1 Å². The van der Waals surface area contributed by atoms with Gasteiger partial charge in [-0.05, 0) is 27.7 Å². The van der Waals surface area contributed by atoms with E-state index in [1.165, 1.54) is 5.01 Å². The van der Waals surface area contributed by atoms with E-state index in [0.29, 0.717) is 0 Å². The van der Waals surface area contributed by atoms with Crippen molar-refractivity contribution in [1.82, 2.24) is 20.9 Å². The highest BCUT2D eigenvalue weighted by Crippen LogP contribution is 1.94. The minimum Gasteiger partial charge on any atom is -0.446 e. The molecule has 0 saturated heterocycles. The van der Waals surface area contributed by atoms with Crippen LogP contribution in [0, 0.1) is 0 Å². The van der Waals surface area contributed by atoms with Crippen LogP contribution in [0.5, 0.6) is 0 Å². The summed E-state index contributed by atoms with van der Waals surface area (Å²) in [5.41, 5.74) is 2.34. The van der Waals surface area contributed by atoms with E-state index in [0.717, 1.165) is 5.12 Å². The van der Waals surface area contributed by atoms with Gasteiger partial charge in [-0.2, -0.15) is 5.12 Å². The molecule has 17 heavy (non-hydrogen) atoms. The average Bonchev–Trinajstić information content (AvgIpc) is 2.10. The number of nitrogens with zero attached hydrogens (tertiary/aromatic N) is 2. The van der Waals surface area contributed by atoms with E-state index in [-0.39, 0.29) is 12.1 Å². The normalized spacial score (nSPS) is 10.6. The number of hydrogen-bond donors (Lipinski definition) is 2. The molecule has 0 saturated carbocycles. The Hall–Kier alpha value is -1.50. The lowest BCUT2D eigenvalue weighted by Crippen LogP contribution is -2.58. The molecule has 0 aromatic carbocycles. The lowest BCUT2D eigenvalue weighted by molar-refractivity contribution is 0.00566. The smallest absolute Gasteiger partial charge is 0.427 e. The van der Waals surface area contributed by atoms with Gasteiger partial charge in [-0.25, -0.2) is 20.0 Å². The fraction of sp³-hybridized carbons (Fsp3) is 0.800. The van der Waals surface area contributed by atoms with E-state index in [9.17, 15) is 9.59 Å². The van der Waals surface area contributed by atoms with E-state index in [2.05, 4.69) is 10.7 Å². The van der Waals surface area contributed by atoms with Crippen molar-refractivity contribution in [1.29, 1.82) is 0 Å². The van der Waals surface area contributed by atoms with Crippen molar-refractivity contribution in [2.45, 2.75) is 39.8 Å². The van der Waals surface area contributed by atoms with Crippen molar-refractivity contribution in [2.24, 2.45) is 0 Å². The van der Waals surface area contributed by atoms with Gasteiger partial charge in [-0.3, -0.25) is 0 Å². The van der Waals surface area contributed by atoms with Gasteiger partial charge in [0.05, 0.1) is 6.10 Å². The van der Waals surface area contributed by atoms with Crippen LogP contribution in [0.2, 0.25) is 0 Å². The van der Waals surface area contributed by atoms with Gasteiger partial charge < -0.3 is 10.1 Å². The first kappa shape index (κ1) is 15.5. The predicted octanol–water partition coefficient (Wildman–Crippen LogP) is 0.933. The maximum absolute atomic E-state index is 11.7. The molecule has 2 N–H and O–H groups in total. The number of hydrogen-bond acceptors (Lipinski definition) is 4. The summed E-state index contributed by atoms with van der Waals surface area (Å²) in [5.74, 6) is 0. The zero-order valence-electron chi connectivity index (χ0n) is 11.3. The van der Waals surface area contributed by atoms with E-state index in [4.69, 9.17) is 4.74 Å². The molecule has 0 aliphatic heterocycles. The largest absolute Gasteiger partial charge is 0.446 e. The number of carbonyl (C=O) groups is 2. The molecule has 0 unspecified atom stereocenters. The van der Waals surface area contributed by atoms with Crippen LogP contribution in [0.4, 0.5) is 9.59 Å². The molecule has 0 radical (unpaired) electrons. The molecule has 7 nitrogen and oxygen atoms in total. The molecule has 0 spiro atoms. The molecular weight excluding hydrogens is 224 g/mol. The summed E-state index contributed by atoms with van der Waals surface area (Å²) in [6.07, 6.45) is -0.917. The van der Waals surface area contributed by atoms with Crippen LogP contribution in [-0.4, -0.2) is 48.5 Å². The zero-order chi connectivity index (χ0) is 13.6. The van der Waals surface area contributed by atoms with Crippen LogP contribution in [0.25, 0.3) is 0 Å². The lowest BCUT2D eigenvalue weighted by atomic mass is 10.4. The first-order chi connectivity index (χ1) is 7.73. The molecular formula is C10H22N4O3. The highest BCUT2D eigenvalue weighted by atomic mass is 16.6. The molecule has 0 aromatic rings. The van der Waals surface area contributed by atoms with E-state index in [1.807, 2.05) is 13.8 Å². The Kier molecular flexibility index (Phi) is 6.34. The van der Waals surface area contributed by atoms with Gasteiger partial charge in [0.1, 0.15) is 0 Å². The predicted molar refractivity (Wildman–Crippen MR) is 63.9 cm³/mol. The number of urea groups is 1. The van der Waals surface area contributed by atoms with Gasteiger partial charge in [0, 0.05) is 20.1 Å². The Morgan fingerprint density at radius 2 is 1.65 bits per heavy atom. The zero-order valence-corrected chi connectivity index (χ0v) is 11.3. The SMILES string of the molecule is CC(C)NC(=O)N(NC(=O)OC(C)C)N(C)C. The second-order valence-corrected chi connectivity index (χ2v) is 4.33. The van der Waals surface area contributed by atoms with Crippen molar-refractivity contribution in [3.8, 4) is 0 Å². The third-order valence-corrected chi connectivity index (χ3v) is 1.54. The Balaban J connectivity index is 4.43. The van der Waals surface area contributed by atoms with Crippen LogP contribution in [0.3, 0.4) is 0 Å². The van der Waals surface area contributed by atoms with Crippen molar-refractivity contribution in [3.05, 3.63) is 0 Å². The molecule has 3 amide bonds. The summed E-state index contributed by atoms with van der Waals surface area (Å²) in [7, 11) is 3.27. The highest BCUT2D eigenvalue weighted by molar-refractivity contribution is 5.77. The third kappa shape index (κ3) is 6.62. The van der Waals surface area contributed by atoms with Crippen molar-refractivity contribution in [2.75, 3.05) is 14.1 Å². The monoisotopic (exact) mass is 246 g/mol. The molecule has 0 atom stereocenters. The summed E-state index contributed by atoms with van der Waals surface area (Å²) in [6, 6.07) is -0.446. The van der Waals surface area contributed by atoms with E-state index in [1.54, 1.807) is 27.9 Å². The molecule has 0 rings (SSSR count). The van der Waals surface area contributed by atoms with Crippen LogP contribution < -0.4 is 10.7 Å². The van der Waals surface area contributed by atoms with E-state index < -0.39 is 12.1 Å². The van der Waals surface area contributed by atoms with Gasteiger partial charge in [-0.1, -0.05) is 0 Å². The first-order valence-electron chi connectivity index (χ1n) is 5.49. The highest BCUT2D eigenvalue weighted by Gasteiger charge is 2.20. The average molecular weight is 246 g/mol. The lowest BCUT2D eigenvalue weighted by Gasteiger charge is -2.29. The van der Waals surface area contributed by atoms with Crippen molar-refractivity contribution < 1.29 is 14.3 Å². The quantitative estimate of drug-likeness (QED) is 0.727. The minimum absolute atomic E-state index is 0.0205. The number of hydrazine groups is 2. The Morgan fingerprint density at radius 3 is 2.00 bits per heavy atom. The second-order valence-electron chi connectivity index (χ2n) is 4.33. The van der Waals surface area contributed by atoms with Gasteiger partial charge >= 0.3 is 12.1 Å². The third-order valence-electron chi connectivity index (χ3n) is 1.54. The summed E-state index contributed by atoms with van der Waals surface area (Å²) in [5, 5.41) is 5.15. The molecule has 0 fully saturated rings. The number of amides is 3. The summed E-state index contributed by atoms with van der Waals surface area (Å²) >= 11 is 0. The summed E-state index contributed by atoms with van der Waals surface area (Å²) in [6.45, 7) is 7.12. The number of carbonyl (C=O) groups excluding carboxylic acids is 2. The Labute approximate surface area is 102 Å². The number of ether oxygens (including phenoxy) is 1. The molecule has 0 aliphatic rings.